The fraction of sp³-hybridized carbons (Fsp3) is 0.367. The molecule has 0 saturated carbocycles. The van der Waals surface area contributed by atoms with Crippen molar-refractivity contribution in [1.82, 2.24) is 9.62 Å². The topological polar surface area (TPSA) is 95.9 Å². The zero-order chi connectivity index (χ0) is 27.8. The first kappa shape index (κ1) is 29.4. The first-order chi connectivity index (χ1) is 18.1. The zero-order valence-electron chi connectivity index (χ0n) is 22.6. The van der Waals surface area contributed by atoms with E-state index in [2.05, 4.69) is 5.32 Å². The van der Waals surface area contributed by atoms with Gasteiger partial charge in [-0.25, -0.2) is 8.42 Å². The van der Waals surface area contributed by atoms with Gasteiger partial charge in [-0.2, -0.15) is 4.31 Å². The number of carbonyl (C=O) groups is 1. The summed E-state index contributed by atoms with van der Waals surface area (Å²) in [4.78, 5) is 13.5. The van der Waals surface area contributed by atoms with Crippen molar-refractivity contribution in [3.63, 3.8) is 0 Å². The molecule has 0 bridgehead atoms. The van der Waals surface area contributed by atoms with E-state index in [1.54, 1.807) is 24.3 Å². The lowest BCUT2D eigenvalue weighted by molar-refractivity contribution is -0.00270. The molecule has 0 aliphatic carbocycles. The van der Waals surface area contributed by atoms with Crippen LogP contribution in [0.1, 0.15) is 48.7 Å². The molecule has 204 valence electrons. The highest BCUT2D eigenvalue weighted by Gasteiger charge is 2.34. The van der Waals surface area contributed by atoms with Gasteiger partial charge in [0, 0.05) is 31.5 Å². The lowest BCUT2D eigenvalue weighted by Crippen LogP contribution is -2.52. The molecule has 0 radical (unpaired) electrons. The van der Waals surface area contributed by atoms with E-state index in [1.165, 1.54) is 23.5 Å². The van der Waals surface area contributed by atoms with Gasteiger partial charge in [0.25, 0.3) is 5.91 Å². The van der Waals surface area contributed by atoms with E-state index in [1.807, 2.05) is 63.2 Å². The first-order valence-corrected chi connectivity index (χ1v) is 14.3. The van der Waals surface area contributed by atoms with Gasteiger partial charge in [0.2, 0.25) is 10.0 Å². The van der Waals surface area contributed by atoms with Gasteiger partial charge in [0.15, 0.2) is 0 Å². The van der Waals surface area contributed by atoms with E-state index in [0.717, 1.165) is 11.1 Å². The minimum absolute atomic E-state index is 0.00400. The first-order valence-electron chi connectivity index (χ1n) is 12.9. The predicted octanol–water partition coefficient (Wildman–Crippen LogP) is 4.66. The maximum Gasteiger partial charge on any atom is 0.253 e. The molecular formula is C30H38N2O5S. The van der Waals surface area contributed by atoms with Crippen molar-refractivity contribution in [2.75, 3.05) is 20.2 Å². The number of nitrogens with zero attached hydrogens (tertiary/aromatic N) is 1. The standard InChI is InChI=1S/C30H38N2O5S/c1-5-25-13-9-10-14-28(25)29(33)31-30(34,21-24-11-7-6-8-12-24)19-20-32(22-23(2)3)38(35,36)27-17-15-26(37-4)16-18-27/h6-18,23,34H,5,19-22H2,1-4H3,(H,31,33). The second kappa shape index (κ2) is 13.0. The van der Waals surface area contributed by atoms with Crippen LogP contribution in [0.25, 0.3) is 0 Å². The minimum Gasteiger partial charge on any atom is -0.497 e. The number of aliphatic hydroxyl groups is 1. The van der Waals surface area contributed by atoms with Crippen LogP contribution in [0.2, 0.25) is 0 Å². The number of amides is 1. The average Bonchev–Trinajstić information content (AvgIpc) is 2.91. The molecular weight excluding hydrogens is 500 g/mol. The SMILES string of the molecule is CCc1ccccc1C(=O)NC(O)(CCN(CC(C)C)S(=O)(=O)c1ccc(OC)cc1)Cc1ccccc1. The largest absolute Gasteiger partial charge is 0.497 e. The number of hydrogen-bond donors (Lipinski definition) is 2. The number of sulfonamides is 1. The van der Waals surface area contributed by atoms with Crippen molar-refractivity contribution >= 4 is 15.9 Å². The van der Waals surface area contributed by atoms with Crippen LogP contribution in [0.3, 0.4) is 0 Å². The van der Waals surface area contributed by atoms with Crippen molar-refractivity contribution in [3.05, 3.63) is 95.6 Å². The fourth-order valence-electron chi connectivity index (χ4n) is 4.38. The molecule has 1 amide bonds. The van der Waals surface area contributed by atoms with Crippen LogP contribution in [0, 0.1) is 5.92 Å². The Morgan fingerprint density at radius 2 is 1.63 bits per heavy atom. The molecule has 3 aromatic rings. The molecule has 3 rings (SSSR count). The second-order valence-corrected chi connectivity index (χ2v) is 11.8. The summed E-state index contributed by atoms with van der Waals surface area (Å²) >= 11 is 0. The molecule has 1 atom stereocenters. The van der Waals surface area contributed by atoms with Crippen LogP contribution in [0.4, 0.5) is 0 Å². The number of methoxy groups -OCH3 is 1. The number of carbonyl (C=O) groups excluding carboxylic acids is 1. The summed E-state index contributed by atoms with van der Waals surface area (Å²) in [6.45, 7) is 6.14. The van der Waals surface area contributed by atoms with E-state index in [0.29, 0.717) is 17.7 Å². The minimum atomic E-state index is -3.85. The van der Waals surface area contributed by atoms with Gasteiger partial charge in [-0.1, -0.05) is 69.3 Å². The Bertz CT molecular complexity index is 1290. The van der Waals surface area contributed by atoms with Crippen LogP contribution in [0.5, 0.6) is 5.75 Å². The Kier molecular flexibility index (Phi) is 10.1. The van der Waals surface area contributed by atoms with Crippen molar-refractivity contribution in [1.29, 1.82) is 0 Å². The van der Waals surface area contributed by atoms with Gasteiger partial charge in [0.05, 0.1) is 12.0 Å². The average molecular weight is 539 g/mol. The molecule has 0 heterocycles. The van der Waals surface area contributed by atoms with Crippen molar-refractivity contribution < 1.29 is 23.1 Å². The van der Waals surface area contributed by atoms with Gasteiger partial charge in [0.1, 0.15) is 11.5 Å². The quantitative estimate of drug-likeness (QED) is 0.309. The molecule has 2 N–H and O–H groups in total. The van der Waals surface area contributed by atoms with Crippen molar-refractivity contribution in [3.8, 4) is 5.75 Å². The van der Waals surface area contributed by atoms with Crippen LogP contribution in [0.15, 0.2) is 83.8 Å². The number of hydrogen-bond acceptors (Lipinski definition) is 5. The van der Waals surface area contributed by atoms with Gasteiger partial charge in [-0.05, 0) is 53.8 Å². The Balaban J connectivity index is 1.90. The van der Waals surface area contributed by atoms with Gasteiger partial charge in [-0.3, -0.25) is 4.79 Å². The maximum absolute atomic E-state index is 13.6. The maximum atomic E-state index is 13.6. The highest BCUT2D eigenvalue weighted by Crippen LogP contribution is 2.24. The molecule has 1 unspecified atom stereocenters. The van der Waals surface area contributed by atoms with E-state index in [4.69, 9.17) is 4.74 Å². The smallest absolute Gasteiger partial charge is 0.253 e. The van der Waals surface area contributed by atoms with Crippen LogP contribution < -0.4 is 10.1 Å². The highest BCUT2D eigenvalue weighted by atomic mass is 32.2. The Labute approximate surface area is 226 Å². The molecule has 0 aliphatic heterocycles. The molecule has 7 nitrogen and oxygen atoms in total. The number of benzene rings is 3. The van der Waals surface area contributed by atoms with Gasteiger partial charge < -0.3 is 15.2 Å². The molecule has 8 heteroatoms. The summed E-state index contributed by atoms with van der Waals surface area (Å²) in [5.41, 5.74) is 0.513. The fourth-order valence-corrected chi connectivity index (χ4v) is 5.98. The van der Waals surface area contributed by atoms with Crippen molar-refractivity contribution in [2.45, 2.75) is 50.7 Å². The molecule has 0 aliphatic rings. The van der Waals surface area contributed by atoms with Crippen LogP contribution in [-0.4, -0.2) is 49.7 Å². The monoisotopic (exact) mass is 538 g/mol. The molecule has 0 aromatic heterocycles. The van der Waals surface area contributed by atoms with Crippen molar-refractivity contribution in [2.24, 2.45) is 5.92 Å². The summed E-state index contributed by atoms with van der Waals surface area (Å²) in [6, 6.07) is 22.9. The van der Waals surface area contributed by atoms with Gasteiger partial charge >= 0.3 is 0 Å². The molecule has 0 spiro atoms. The third-order valence-electron chi connectivity index (χ3n) is 6.37. The number of ether oxygens (including phenoxy) is 1. The Hall–Kier alpha value is -3.20. The third kappa shape index (κ3) is 7.66. The molecule has 3 aromatic carbocycles. The Morgan fingerprint density at radius 1 is 1.00 bits per heavy atom. The van der Waals surface area contributed by atoms with E-state index in [-0.39, 0.29) is 36.7 Å². The summed E-state index contributed by atoms with van der Waals surface area (Å²) < 4.78 is 33.7. The predicted molar refractivity (Wildman–Crippen MR) is 150 cm³/mol. The highest BCUT2D eigenvalue weighted by molar-refractivity contribution is 7.89. The number of nitrogens with one attached hydrogen (secondary N) is 1. The lowest BCUT2D eigenvalue weighted by Gasteiger charge is -2.33. The lowest BCUT2D eigenvalue weighted by atomic mass is 9.97. The van der Waals surface area contributed by atoms with Crippen LogP contribution >= 0.6 is 0 Å². The summed E-state index contributed by atoms with van der Waals surface area (Å²) in [5.74, 6) is 0.220. The zero-order valence-corrected chi connectivity index (χ0v) is 23.4. The van der Waals surface area contributed by atoms with Crippen LogP contribution in [-0.2, 0) is 22.9 Å². The summed E-state index contributed by atoms with van der Waals surface area (Å²) in [5, 5.41) is 14.6. The third-order valence-corrected chi connectivity index (χ3v) is 8.25. The van der Waals surface area contributed by atoms with E-state index >= 15 is 0 Å². The second-order valence-electron chi connectivity index (χ2n) is 9.84. The van der Waals surface area contributed by atoms with E-state index in [9.17, 15) is 18.3 Å². The van der Waals surface area contributed by atoms with Gasteiger partial charge in [-0.15, -0.1) is 0 Å². The Morgan fingerprint density at radius 3 is 2.24 bits per heavy atom. The molecule has 38 heavy (non-hydrogen) atoms. The number of rotatable bonds is 13. The normalized spacial score (nSPS) is 13.3. The molecule has 0 saturated heterocycles. The number of aryl methyl sites for hydroxylation is 1. The van der Waals surface area contributed by atoms with E-state index < -0.39 is 21.7 Å². The summed E-state index contributed by atoms with van der Waals surface area (Å²) in [6.07, 6.45) is 0.805. The summed E-state index contributed by atoms with van der Waals surface area (Å²) in [7, 11) is -2.33. The molecule has 0 fully saturated rings.